The number of nitrogens with zero attached hydrogens (tertiary/aromatic N) is 1. The molecule has 0 heterocycles. The summed E-state index contributed by atoms with van der Waals surface area (Å²) in [6.07, 6.45) is 1.99. The van der Waals surface area contributed by atoms with E-state index in [1.165, 1.54) is 0 Å². The van der Waals surface area contributed by atoms with E-state index in [4.69, 9.17) is 0 Å². The van der Waals surface area contributed by atoms with Crippen molar-refractivity contribution in [3.05, 3.63) is 12.7 Å². The summed E-state index contributed by atoms with van der Waals surface area (Å²) >= 11 is 0. The van der Waals surface area contributed by atoms with Crippen LogP contribution in [0, 0.1) is 5.92 Å². The molecule has 0 amide bonds. The lowest BCUT2D eigenvalue weighted by atomic mass is 10.1. The lowest BCUT2D eigenvalue weighted by Crippen LogP contribution is -2.43. The zero-order chi connectivity index (χ0) is 11.8. The number of rotatable bonds is 8. The van der Waals surface area contributed by atoms with E-state index >= 15 is 0 Å². The van der Waals surface area contributed by atoms with Crippen LogP contribution in [-0.2, 0) is 0 Å². The smallest absolute Gasteiger partial charge is 0.0195 e. The van der Waals surface area contributed by atoms with E-state index in [1.807, 2.05) is 6.08 Å². The van der Waals surface area contributed by atoms with Gasteiger partial charge in [-0.05, 0) is 12.8 Å². The Hall–Kier alpha value is -0.340. The highest BCUT2D eigenvalue weighted by Gasteiger charge is 2.13. The summed E-state index contributed by atoms with van der Waals surface area (Å²) in [5.41, 5.74) is 0. The van der Waals surface area contributed by atoms with Crippen molar-refractivity contribution in [2.24, 2.45) is 5.92 Å². The normalized spacial score (nSPS) is 13.9. The van der Waals surface area contributed by atoms with Gasteiger partial charge in [-0.3, -0.25) is 4.90 Å². The molecule has 1 N–H and O–H groups in total. The molecule has 0 saturated carbocycles. The van der Waals surface area contributed by atoms with Gasteiger partial charge in [0.1, 0.15) is 0 Å². The van der Waals surface area contributed by atoms with Gasteiger partial charge in [-0.25, -0.2) is 0 Å². The quantitative estimate of drug-likeness (QED) is 0.622. The molecule has 0 aromatic rings. The maximum Gasteiger partial charge on any atom is 0.0195 e. The summed E-state index contributed by atoms with van der Waals surface area (Å²) in [7, 11) is 0. The average Bonchev–Trinajstić information content (AvgIpc) is 2.12. The highest BCUT2D eigenvalue weighted by atomic mass is 15.2. The molecule has 0 aromatic heterocycles. The summed E-state index contributed by atoms with van der Waals surface area (Å²) < 4.78 is 0. The Morgan fingerprint density at radius 1 is 1.20 bits per heavy atom. The minimum absolute atomic E-state index is 0.567. The third-order valence-corrected chi connectivity index (χ3v) is 2.41. The Bertz CT molecular complexity index is 164. The summed E-state index contributed by atoms with van der Waals surface area (Å²) in [6.45, 7) is 18.2. The highest BCUT2D eigenvalue weighted by Crippen LogP contribution is 2.04. The summed E-state index contributed by atoms with van der Waals surface area (Å²) in [5, 5.41) is 3.48. The van der Waals surface area contributed by atoms with Gasteiger partial charge in [0.2, 0.25) is 0 Å². The molecule has 0 fully saturated rings. The van der Waals surface area contributed by atoms with Gasteiger partial charge in [-0.15, -0.1) is 6.58 Å². The summed E-state index contributed by atoms with van der Waals surface area (Å²) in [4.78, 5) is 2.48. The SMILES string of the molecule is C=CCN(CC(C)C)C(C)CNC(C)C. The van der Waals surface area contributed by atoms with Gasteiger partial charge in [0, 0.05) is 31.7 Å². The van der Waals surface area contributed by atoms with Crippen LogP contribution in [0.25, 0.3) is 0 Å². The van der Waals surface area contributed by atoms with Crippen molar-refractivity contribution in [2.45, 2.75) is 46.7 Å². The fourth-order valence-corrected chi connectivity index (χ4v) is 1.60. The Morgan fingerprint density at radius 3 is 2.20 bits per heavy atom. The molecule has 0 aliphatic carbocycles. The predicted molar refractivity (Wildman–Crippen MR) is 69.2 cm³/mol. The van der Waals surface area contributed by atoms with E-state index in [9.17, 15) is 0 Å². The molecule has 2 heteroatoms. The van der Waals surface area contributed by atoms with E-state index in [0.717, 1.165) is 19.6 Å². The van der Waals surface area contributed by atoms with Gasteiger partial charge in [-0.2, -0.15) is 0 Å². The number of hydrogen-bond acceptors (Lipinski definition) is 2. The van der Waals surface area contributed by atoms with Crippen LogP contribution in [0.15, 0.2) is 12.7 Å². The van der Waals surface area contributed by atoms with E-state index in [1.54, 1.807) is 0 Å². The Balaban J connectivity index is 4.03. The molecule has 0 rings (SSSR count). The molecule has 0 saturated heterocycles. The second kappa shape index (κ2) is 7.89. The van der Waals surface area contributed by atoms with Crippen LogP contribution in [0.5, 0.6) is 0 Å². The Kier molecular flexibility index (Phi) is 7.71. The van der Waals surface area contributed by atoms with E-state index in [-0.39, 0.29) is 0 Å². The Morgan fingerprint density at radius 2 is 1.80 bits per heavy atom. The van der Waals surface area contributed by atoms with Crippen molar-refractivity contribution in [3.63, 3.8) is 0 Å². The van der Waals surface area contributed by atoms with Crippen LogP contribution in [0.2, 0.25) is 0 Å². The minimum atomic E-state index is 0.567. The third kappa shape index (κ3) is 7.57. The van der Waals surface area contributed by atoms with Gasteiger partial charge in [0.05, 0.1) is 0 Å². The summed E-state index contributed by atoms with van der Waals surface area (Å²) in [5.74, 6) is 0.714. The molecule has 0 spiro atoms. The predicted octanol–water partition coefficient (Wildman–Crippen LogP) is 2.52. The zero-order valence-corrected chi connectivity index (χ0v) is 11.1. The average molecular weight is 212 g/mol. The van der Waals surface area contributed by atoms with Gasteiger partial charge in [0.25, 0.3) is 0 Å². The highest BCUT2D eigenvalue weighted by molar-refractivity contribution is 4.79. The van der Waals surface area contributed by atoms with Crippen LogP contribution in [0.4, 0.5) is 0 Å². The van der Waals surface area contributed by atoms with Crippen molar-refractivity contribution in [2.75, 3.05) is 19.6 Å². The summed E-state index contributed by atoms with van der Waals surface area (Å²) in [6, 6.07) is 1.14. The maximum atomic E-state index is 3.82. The molecule has 0 aliphatic heterocycles. The van der Waals surface area contributed by atoms with Crippen molar-refractivity contribution in [3.8, 4) is 0 Å². The first-order valence-electron chi connectivity index (χ1n) is 6.05. The molecule has 1 unspecified atom stereocenters. The second-order valence-corrected chi connectivity index (χ2v) is 5.05. The monoisotopic (exact) mass is 212 g/mol. The lowest BCUT2D eigenvalue weighted by Gasteiger charge is -2.30. The van der Waals surface area contributed by atoms with Crippen LogP contribution in [-0.4, -0.2) is 36.6 Å². The molecular weight excluding hydrogens is 184 g/mol. The number of nitrogens with one attached hydrogen (secondary N) is 1. The maximum absolute atomic E-state index is 3.82. The van der Waals surface area contributed by atoms with Crippen molar-refractivity contribution in [1.82, 2.24) is 10.2 Å². The van der Waals surface area contributed by atoms with Crippen LogP contribution >= 0.6 is 0 Å². The first-order valence-corrected chi connectivity index (χ1v) is 6.05. The molecule has 2 nitrogen and oxygen atoms in total. The van der Waals surface area contributed by atoms with Gasteiger partial charge in [-0.1, -0.05) is 33.8 Å². The van der Waals surface area contributed by atoms with Crippen LogP contribution < -0.4 is 5.32 Å². The molecule has 1 atom stereocenters. The van der Waals surface area contributed by atoms with E-state index in [0.29, 0.717) is 18.0 Å². The third-order valence-electron chi connectivity index (χ3n) is 2.41. The fraction of sp³-hybridized carbons (Fsp3) is 0.846. The largest absolute Gasteiger partial charge is 0.313 e. The van der Waals surface area contributed by atoms with Crippen molar-refractivity contribution >= 4 is 0 Å². The van der Waals surface area contributed by atoms with Gasteiger partial charge in [0.15, 0.2) is 0 Å². The number of hydrogen-bond donors (Lipinski definition) is 1. The second-order valence-electron chi connectivity index (χ2n) is 5.05. The lowest BCUT2D eigenvalue weighted by molar-refractivity contribution is 0.200. The van der Waals surface area contributed by atoms with Crippen molar-refractivity contribution in [1.29, 1.82) is 0 Å². The van der Waals surface area contributed by atoms with Crippen LogP contribution in [0.1, 0.15) is 34.6 Å². The minimum Gasteiger partial charge on any atom is -0.313 e. The fourth-order valence-electron chi connectivity index (χ4n) is 1.60. The van der Waals surface area contributed by atoms with Crippen LogP contribution in [0.3, 0.4) is 0 Å². The molecule has 0 aliphatic rings. The standard InChI is InChI=1S/C13H28N2/c1-7-8-15(10-11(2)3)13(6)9-14-12(4)5/h7,11-14H,1,8-10H2,2-6H3. The molecule has 90 valence electrons. The van der Waals surface area contributed by atoms with E-state index in [2.05, 4.69) is 51.4 Å². The molecule has 0 aromatic carbocycles. The zero-order valence-electron chi connectivity index (χ0n) is 11.1. The molecule has 0 radical (unpaired) electrons. The van der Waals surface area contributed by atoms with Gasteiger partial charge < -0.3 is 5.32 Å². The van der Waals surface area contributed by atoms with Crippen molar-refractivity contribution < 1.29 is 0 Å². The molecule has 15 heavy (non-hydrogen) atoms. The Labute approximate surface area is 95.7 Å². The first-order chi connectivity index (χ1) is 6.97. The molecule has 0 bridgehead atoms. The van der Waals surface area contributed by atoms with E-state index < -0.39 is 0 Å². The van der Waals surface area contributed by atoms with Gasteiger partial charge >= 0.3 is 0 Å². The molecular formula is C13H28N2. The first kappa shape index (κ1) is 14.7. The topological polar surface area (TPSA) is 15.3 Å².